The number of aromatic nitrogens is 2. The highest BCUT2D eigenvalue weighted by atomic mass is 35.5. The molecule has 0 bridgehead atoms. The molecule has 3 aliphatic rings. The molecule has 34 heavy (non-hydrogen) atoms. The highest BCUT2D eigenvalue weighted by Gasteiger charge is 2.48. The van der Waals surface area contributed by atoms with Crippen LogP contribution < -0.4 is 9.64 Å². The molecule has 176 valence electrons. The fraction of sp³-hybridized carbons (Fsp3) is 0.417. The van der Waals surface area contributed by atoms with Gasteiger partial charge in [0.2, 0.25) is 0 Å². The van der Waals surface area contributed by atoms with Gasteiger partial charge in [0.1, 0.15) is 18.3 Å². The number of nitrogens with one attached hydrogen (secondary N) is 1. The Labute approximate surface area is 201 Å². The van der Waals surface area contributed by atoms with Crippen molar-refractivity contribution >= 4 is 34.0 Å². The predicted octanol–water partition coefficient (Wildman–Crippen LogP) is 3.18. The first kappa shape index (κ1) is 21.6. The standard InChI is InChI=1S/C24H23ClN4O5/c1-26-21-20-16(27-24(21)34-18-12-33-22-17(30)11-32-23(18)22)10-15(25)19(28-20)13-2-4-14(5-3-13)29-6-8-31-9-7-29/h2-5,10,17-18,22-23,27,30H,6-9,11-12H2/t17-,18-,22-,23-/m1/s1. The molecule has 4 atom stereocenters. The summed E-state index contributed by atoms with van der Waals surface area (Å²) >= 11 is 6.59. The first-order valence-corrected chi connectivity index (χ1v) is 11.6. The number of benzene rings is 1. The molecule has 3 aliphatic heterocycles. The molecular formula is C24H23ClN4O5. The monoisotopic (exact) mass is 482 g/mol. The number of halogens is 1. The van der Waals surface area contributed by atoms with E-state index >= 15 is 0 Å². The highest BCUT2D eigenvalue weighted by molar-refractivity contribution is 6.33. The second-order valence-corrected chi connectivity index (χ2v) is 9.00. The molecule has 10 heteroatoms. The van der Waals surface area contributed by atoms with Crippen molar-refractivity contribution in [2.24, 2.45) is 0 Å². The van der Waals surface area contributed by atoms with Crippen molar-refractivity contribution in [3.05, 3.63) is 46.8 Å². The number of aliphatic hydroxyl groups is 1. The van der Waals surface area contributed by atoms with Crippen LogP contribution in [0.15, 0.2) is 30.3 Å². The zero-order chi connectivity index (χ0) is 23.2. The van der Waals surface area contributed by atoms with Crippen LogP contribution in [-0.2, 0) is 14.2 Å². The lowest BCUT2D eigenvalue weighted by molar-refractivity contribution is 0.00810. The summed E-state index contributed by atoms with van der Waals surface area (Å²) in [6, 6.07) is 9.85. The molecule has 3 saturated heterocycles. The number of pyridine rings is 1. The average Bonchev–Trinajstić information content (AvgIpc) is 3.54. The number of aliphatic hydroxyl groups excluding tert-OH is 1. The van der Waals surface area contributed by atoms with Crippen molar-refractivity contribution in [2.75, 3.05) is 44.4 Å². The van der Waals surface area contributed by atoms with Crippen LogP contribution in [0.5, 0.6) is 5.88 Å². The van der Waals surface area contributed by atoms with Crippen molar-refractivity contribution in [3.8, 4) is 17.1 Å². The van der Waals surface area contributed by atoms with Crippen LogP contribution in [-0.4, -0.2) is 79.0 Å². The average molecular weight is 483 g/mol. The number of nitrogens with zero attached hydrogens (tertiary/aromatic N) is 3. The SMILES string of the molecule is [C-]#[N+]c1c(O[C@@H]2CO[C@H]3[C@@H]2OC[C@H]3O)[nH]c2cc(Cl)c(-c3ccc(N4CCOCC4)cc3)nc12. The third kappa shape index (κ3) is 3.68. The maximum Gasteiger partial charge on any atom is 0.272 e. The summed E-state index contributed by atoms with van der Waals surface area (Å²) in [5, 5.41) is 10.4. The second-order valence-electron chi connectivity index (χ2n) is 8.60. The van der Waals surface area contributed by atoms with Crippen LogP contribution in [0.25, 0.3) is 27.1 Å². The zero-order valence-corrected chi connectivity index (χ0v) is 19.0. The van der Waals surface area contributed by atoms with Crippen molar-refractivity contribution in [1.29, 1.82) is 0 Å². The van der Waals surface area contributed by atoms with E-state index in [1.807, 2.05) is 12.1 Å². The van der Waals surface area contributed by atoms with E-state index in [2.05, 4.69) is 26.9 Å². The van der Waals surface area contributed by atoms with E-state index < -0.39 is 18.3 Å². The lowest BCUT2D eigenvalue weighted by Gasteiger charge is -2.28. The minimum atomic E-state index is -0.667. The topological polar surface area (TPSA) is 93.4 Å². The summed E-state index contributed by atoms with van der Waals surface area (Å²) in [5.41, 5.74) is 3.97. The van der Waals surface area contributed by atoms with Crippen LogP contribution in [0.4, 0.5) is 11.4 Å². The van der Waals surface area contributed by atoms with Crippen LogP contribution in [0.3, 0.4) is 0 Å². The molecule has 3 aromatic rings. The van der Waals surface area contributed by atoms with Gasteiger partial charge in [0, 0.05) is 24.3 Å². The first-order chi connectivity index (χ1) is 16.6. The van der Waals surface area contributed by atoms with Gasteiger partial charge in [-0.05, 0) is 18.2 Å². The van der Waals surface area contributed by atoms with E-state index in [1.165, 1.54) is 0 Å². The number of H-pyrrole nitrogens is 1. The summed E-state index contributed by atoms with van der Waals surface area (Å²) in [5.74, 6) is 0.299. The largest absolute Gasteiger partial charge is 0.479 e. The summed E-state index contributed by atoms with van der Waals surface area (Å²) in [6.45, 7) is 11.4. The van der Waals surface area contributed by atoms with Crippen molar-refractivity contribution in [3.63, 3.8) is 0 Å². The Kier molecular flexibility index (Phi) is 5.56. The van der Waals surface area contributed by atoms with Gasteiger partial charge in [0.15, 0.2) is 12.0 Å². The number of rotatable bonds is 4. The lowest BCUT2D eigenvalue weighted by atomic mass is 10.1. The van der Waals surface area contributed by atoms with Crippen LogP contribution in [0.1, 0.15) is 0 Å². The Morgan fingerprint density at radius 2 is 1.91 bits per heavy atom. The zero-order valence-electron chi connectivity index (χ0n) is 18.2. The normalized spacial score (nSPS) is 26.6. The Bertz CT molecular complexity index is 1250. The Morgan fingerprint density at radius 3 is 2.68 bits per heavy atom. The number of aromatic amines is 1. The molecule has 0 amide bonds. The van der Waals surface area contributed by atoms with Gasteiger partial charge in [0.05, 0.1) is 54.7 Å². The van der Waals surface area contributed by atoms with Crippen LogP contribution in [0.2, 0.25) is 5.02 Å². The van der Waals surface area contributed by atoms with Gasteiger partial charge in [-0.3, -0.25) is 4.98 Å². The van der Waals surface area contributed by atoms with Crippen molar-refractivity contribution in [1.82, 2.24) is 9.97 Å². The smallest absolute Gasteiger partial charge is 0.272 e. The lowest BCUT2D eigenvalue weighted by Crippen LogP contribution is -2.36. The molecule has 5 heterocycles. The molecule has 2 N–H and O–H groups in total. The molecular weight excluding hydrogens is 460 g/mol. The number of hydrogen-bond donors (Lipinski definition) is 2. The van der Waals surface area contributed by atoms with E-state index in [9.17, 15) is 5.11 Å². The van der Waals surface area contributed by atoms with Gasteiger partial charge in [-0.25, -0.2) is 4.85 Å². The number of fused-ring (bicyclic) bond motifs is 2. The minimum Gasteiger partial charge on any atom is -0.479 e. The van der Waals surface area contributed by atoms with Crippen molar-refractivity contribution < 1.29 is 24.1 Å². The minimum absolute atomic E-state index is 0.211. The van der Waals surface area contributed by atoms with Gasteiger partial charge >= 0.3 is 0 Å². The molecule has 0 aliphatic carbocycles. The highest BCUT2D eigenvalue weighted by Crippen LogP contribution is 2.41. The van der Waals surface area contributed by atoms with Crippen molar-refractivity contribution in [2.45, 2.75) is 24.4 Å². The van der Waals surface area contributed by atoms with Gasteiger partial charge in [-0.1, -0.05) is 23.7 Å². The maximum absolute atomic E-state index is 9.96. The van der Waals surface area contributed by atoms with E-state index in [0.29, 0.717) is 27.6 Å². The summed E-state index contributed by atoms with van der Waals surface area (Å²) in [4.78, 5) is 13.8. The maximum atomic E-state index is 9.96. The molecule has 3 fully saturated rings. The van der Waals surface area contributed by atoms with Gasteiger partial charge < -0.3 is 33.9 Å². The molecule has 2 aromatic heterocycles. The van der Waals surface area contributed by atoms with E-state index in [4.69, 9.17) is 42.1 Å². The Hall–Kier alpha value is -2.87. The summed E-state index contributed by atoms with van der Waals surface area (Å²) in [7, 11) is 0. The van der Waals surface area contributed by atoms with Crippen LogP contribution >= 0.6 is 11.6 Å². The molecule has 1 aromatic carbocycles. The summed E-state index contributed by atoms with van der Waals surface area (Å²) < 4.78 is 22.8. The molecule has 9 nitrogen and oxygen atoms in total. The summed E-state index contributed by atoms with van der Waals surface area (Å²) in [6.07, 6.45) is -1.89. The Morgan fingerprint density at radius 1 is 1.15 bits per heavy atom. The van der Waals surface area contributed by atoms with Gasteiger partial charge in [-0.2, -0.15) is 0 Å². The molecule has 6 rings (SSSR count). The quantitative estimate of drug-likeness (QED) is 0.552. The van der Waals surface area contributed by atoms with Crippen LogP contribution in [0, 0.1) is 6.57 Å². The first-order valence-electron chi connectivity index (χ1n) is 11.2. The third-order valence-corrected chi connectivity index (χ3v) is 6.83. The van der Waals surface area contributed by atoms with E-state index in [1.54, 1.807) is 6.07 Å². The molecule has 0 radical (unpaired) electrons. The number of hydrogen-bond acceptors (Lipinski definition) is 7. The van der Waals surface area contributed by atoms with Gasteiger partial charge in [0.25, 0.3) is 5.69 Å². The number of ether oxygens (including phenoxy) is 4. The van der Waals surface area contributed by atoms with E-state index in [-0.39, 0.29) is 25.0 Å². The predicted molar refractivity (Wildman–Crippen MR) is 126 cm³/mol. The number of morpholine rings is 1. The molecule has 0 saturated carbocycles. The van der Waals surface area contributed by atoms with Gasteiger partial charge in [-0.15, -0.1) is 0 Å². The molecule has 0 unspecified atom stereocenters. The second kappa shape index (κ2) is 8.73. The fourth-order valence-electron chi connectivity index (χ4n) is 4.79. The van der Waals surface area contributed by atoms with E-state index in [0.717, 1.165) is 37.6 Å². The fourth-order valence-corrected chi connectivity index (χ4v) is 5.05. The molecule has 0 spiro atoms. The number of anilines is 1. The third-order valence-electron chi connectivity index (χ3n) is 6.54. The Balaban J connectivity index is 1.30.